The van der Waals surface area contributed by atoms with Crippen LogP contribution >= 0.6 is 0 Å². The van der Waals surface area contributed by atoms with Crippen molar-refractivity contribution >= 4 is 16.9 Å². The van der Waals surface area contributed by atoms with Crippen LogP contribution in [0.2, 0.25) is 0 Å². The minimum atomic E-state index is -0.288. The summed E-state index contributed by atoms with van der Waals surface area (Å²) in [5, 5.41) is 3.45. The van der Waals surface area contributed by atoms with Gasteiger partial charge in [0.05, 0.1) is 6.54 Å². The van der Waals surface area contributed by atoms with E-state index in [0.29, 0.717) is 5.58 Å². The predicted molar refractivity (Wildman–Crippen MR) is 57.4 cm³/mol. The Morgan fingerprint density at radius 2 is 2.27 bits per heavy atom. The van der Waals surface area contributed by atoms with Gasteiger partial charge in [-0.05, 0) is 12.1 Å². The van der Waals surface area contributed by atoms with E-state index in [2.05, 4.69) is 11.2 Å². The Labute approximate surface area is 87.1 Å². The average molecular weight is 199 g/mol. The first-order chi connectivity index (χ1) is 7.31. The van der Waals surface area contributed by atoms with E-state index in [-0.39, 0.29) is 18.2 Å². The molecule has 0 aliphatic heterocycles. The van der Waals surface area contributed by atoms with Crippen molar-refractivity contribution in [1.29, 1.82) is 0 Å². The van der Waals surface area contributed by atoms with Gasteiger partial charge in [0.15, 0.2) is 5.76 Å². The summed E-state index contributed by atoms with van der Waals surface area (Å²) >= 11 is 0. The van der Waals surface area contributed by atoms with Crippen molar-refractivity contribution in [3.05, 3.63) is 36.1 Å². The zero-order chi connectivity index (χ0) is 10.7. The van der Waals surface area contributed by atoms with Crippen molar-refractivity contribution < 1.29 is 9.21 Å². The molecule has 0 radical (unpaired) electrons. The van der Waals surface area contributed by atoms with Crippen molar-refractivity contribution in [3.8, 4) is 12.3 Å². The summed E-state index contributed by atoms with van der Waals surface area (Å²) in [6.45, 7) is 0.204. The van der Waals surface area contributed by atoms with Crippen LogP contribution in [-0.2, 0) is 0 Å². The van der Waals surface area contributed by atoms with Gasteiger partial charge in [0.25, 0.3) is 5.91 Å². The molecule has 1 N–H and O–H groups in total. The summed E-state index contributed by atoms with van der Waals surface area (Å²) in [5.74, 6) is 2.32. The van der Waals surface area contributed by atoms with E-state index in [0.717, 1.165) is 5.39 Å². The smallest absolute Gasteiger partial charge is 0.287 e. The molecule has 1 aromatic heterocycles. The molecule has 1 amide bonds. The largest absolute Gasteiger partial charge is 0.451 e. The number of fused-ring (bicyclic) bond motifs is 1. The summed E-state index contributed by atoms with van der Waals surface area (Å²) in [6, 6.07) is 9.14. The van der Waals surface area contributed by atoms with E-state index in [1.165, 1.54) is 0 Å². The standard InChI is InChI=1S/C12H9NO2/c1-2-7-13-12(14)11-8-9-5-3-4-6-10(9)15-11/h1,3-6,8H,7H2,(H,13,14). The van der Waals surface area contributed by atoms with Crippen LogP contribution in [0.5, 0.6) is 0 Å². The third-order valence-corrected chi connectivity index (χ3v) is 2.00. The lowest BCUT2D eigenvalue weighted by atomic mass is 10.2. The maximum absolute atomic E-state index is 11.5. The fraction of sp³-hybridized carbons (Fsp3) is 0.0833. The van der Waals surface area contributed by atoms with E-state index < -0.39 is 0 Å². The van der Waals surface area contributed by atoms with Crippen LogP contribution in [0.1, 0.15) is 10.6 Å². The summed E-state index contributed by atoms with van der Waals surface area (Å²) in [5.41, 5.74) is 0.698. The normalized spacial score (nSPS) is 9.80. The molecule has 0 aliphatic rings. The van der Waals surface area contributed by atoms with E-state index in [4.69, 9.17) is 10.8 Å². The fourth-order valence-electron chi connectivity index (χ4n) is 1.31. The Morgan fingerprint density at radius 1 is 1.47 bits per heavy atom. The maximum atomic E-state index is 11.5. The molecule has 2 aromatic rings. The number of rotatable bonds is 2. The van der Waals surface area contributed by atoms with Crippen molar-refractivity contribution in [3.63, 3.8) is 0 Å². The van der Waals surface area contributed by atoms with Crippen molar-refractivity contribution in [2.75, 3.05) is 6.54 Å². The van der Waals surface area contributed by atoms with Crippen LogP contribution in [0, 0.1) is 12.3 Å². The number of nitrogens with one attached hydrogen (secondary N) is 1. The highest BCUT2D eigenvalue weighted by molar-refractivity contribution is 5.96. The van der Waals surface area contributed by atoms with Crippen molar-refractivity contribution in [2.24, 2.45) is 0 Å². The molecule has 3 nitrogen and oxygen atoms in total. The van der Waals surface area contributed by atoms with Gasteiger partial charge < -0.3 is 9.73 Å². The topological polar surface area (TPSA) is 42.2 Å². The maximum Gasteiger partial charge on any atom is 0.287 e. The number of para-hydroxylation sites is 1. The van der Waals surface area contributed by atoms with Gasteiger partial charge in [0.1, 0.15) is 5.58 Å². The van der Waals surface area contributed by atoms with Gasteiger partial charge in [-0.2, -0.15) is 0 Å². The molecule has 15 heavy (non-hydrogen) atoms. The molecule has 0 saturated carbocycles. The number of hydrogen-bond donors (Lipinski definition) is 1. The number of terminal acetylenes is 1. The summed E-state index contributed by atoms with van der Waals surface area (Å²) in [4.78, 5) is 11.5. The molecule has 0 saturated heterocycles. The number of carbonyl (C=O) groups is 1. The minimum absolute atomic E-state index is 0.204. The van der Waals surface area contributed by atoms with E-state index in [1.54, 1.807) is 6.07 Å². The molecule has 3 heteroatoms. The second-order valence-corrected chi connectivity index (χ2v) is 3.04. The summed E-state index contributed by atoms with van der Waals surface area (Å²) in [7, 11) is 0. The average Bonchev–Trinajstić information content (AvgIpc) is 2.69. The van der Waals surface area contributed by atoms with Crippen LogP contribution in [0.3, 0.4) is 0 Å². The highest BCUT2D eigenvalue weighted by Gasteiger charge is 2.10. The Kier molecular flexibility index (Phi) is 2.42. The van der Waals surface area contributed by atoms with E-state index >= 15 is 0 Å². The molecule has 2 rings (SSSR count). The molecule has 0 bridgehead atoms. The quantitative estimate of drug-likeness (QED) is 0.749. The van der Waals surface area contributed by atoms with Crippen LogP contribution in [0.25, 0.3) is 11.0 Å². The molecule has 0 aliphatic carbocycles. The molecule has 1 heterocycles. The van der Waals surface area contributed by atoms with Crippen molar-refractivity contribution in [2.45, 2.75) is 0 Å². The predicted octanol–water partition coefficient (Wildman–Crippen LogP) is 1.80. The zero-order valence-corrected chi connectivity index (χ0v) is 7.99. The lowest BCUT2D eigenvalue weighted by molar-refractivity contribution is 0.0933. The number of hydrogen-bond acceptors (Lipinski definition) is 2. The highest BCUT2D eigenvalue weighted by atomic mass is 16.3. The van der Waals surface area contributed by atoms with Crippen LogP contribution in [-0.4, -0.2) is 12.5 Å². The molecule has 0 fully saturated rings. The number of amides is 1. The first kappa shape index (κ1) is 9.35. The highest BCUT2D eigenvalue weighted by Crippen LogP contribution is 2.18. The molecular formula is C12H9NO2. The monoisotopic (exact) mass is 199 g/mol. The van der Waals surface area contributed by atoms with Gasteiger partial charge >= 0.3 is 0 Å². The van der Waals surface area contributed by atoms with Gasteiger partial charge in [0.2, 0.25) is 0 Å². The van der Waals surface area contributed by atoms with Gasteiger partial charge in [-0.15, -0.1) is 6.42 Å². The molecule has 0 spiro atoms. The lowest BCUT2D eigenvalue weighted by Gasteiger charge is -1.95. The van der Waals surface area contributed by atoms with E-state index in [1.807, 2.05) is 24.3 Å². The van der Waals surface area contributed by atoms with Gasteiger partial charge in [-0.1, -0.05) is 24.1 Å². The van der Waals surface area contributed by atoms with Gasteiger partial charge in [-0.3, -0.25) is 4.79 Å². The molecule has 0 atom stereocenters. The summed E-state index contributed by atoms with van der Waals surface area (Å²) in [6.07, 6.45) is 5.03. The fourth-order valence-corrected chi connectivity index (χ4v) is 1.31. The Morgan fingerprint density at radius 3 is 3.00 bits per heavy atom. The van der Waals surface area contributed by atoms with Gasteiger partial charge in [-0.25, -0.2) is 0 Å². The molecule has 0 unspecified atom stereocenters. The first-order valence-electron chi connectivity index (χ1n) is 4.51. The number of benzene rings is 1. The lowest BCUT2D eigenvalue weighted by Crippen LogP contribution is -2.22. The van der Waals surface area contributed by atoms with Gasteiger partial charge in [0, 0.05) is 5.39 Å². The van der Waals surface area contributed by atoms with Crippen LogP contribution in [0.15, 0.2) is 34.7 Å². The number of furan rings is 1. The summed E-state index contributed by atoms with van der Waals surface area (Å²) < 4.78 is 5.35. The molecular weight excluding hydrogens is 190 g/mol. The van der Waals surface area contributed by atoms with Crippen LogP contribution < -0.4 is 5.32 Å². The van der Waals surface area contributed by atoms with E-state index in [9.17, 15) is 4.79 Å². The Balaban J connectivity index is 2.29. The first-order valence-corrected chi connectivity index (χ1v) is 4.51. The second-order valence-electron chi connectivity index (χ2n) is 3.04. The van der Waals surface area contributed by atoms with Crippen molar-refractivity contribution in [1.82, 2.24) is 5.32 Å². The minimum Gasteiger partial charge on any atom is -0.451 e. The number of carbonyl (C=O) groups excluding carboxylic acids is 1. The molecule has 74 valence electrons. The zero-order valence-electron chi connectivity index (χ0n) is 7.99. The SMILES string of the molecule is C#CCNC(=O)c1cc2ccccc2o1. The van der Waals surface area contributed by atoms with Crippen LogP contribution in [0.4, 0.5) is 0 Å². The third kappa shape index (κ3) is 1.84. The Bertz CT molecular complexity index is 501. The third-order valence-electron chi connectivity index (χ3n) is 2.00. The Hall–Kier alpha value is -2.21. The second kappa shape index (κ2) is 3.89. The molecule has 1 aromatic carbocycles.